The van der Waals surface area contributed by atoms with Crippen LogP contribution in [0.3, 0.4) is 0 Å². The van der Waals surface area contributed by atoms with Crippen molar-refractivity contribution in [2.24, 2.45) is 0 Å². The Hall–Kier alpha value is -4.69. The maximum Gasteiger partial charge on any atom is 0.248 e. The molecule has 1 unspecified atom stereocenters. The number of carbonyl (C=O) groups is 1. The fourth-order valence-electron chi connectivity index (χ4n) is 4.59. The standard InChI is InChI=1S/C33H31ClFN5O4/c1-40(2)11-4-7-32(41)39-29-15-26-28(16-31(29)44-25-10-12-42-20-25)37-18-22(17-36)33(26)38-24-8-9-30(27(34)14-24)43-19-21-5-3-6-23(35)13-21/h3-9,13-16,18,25H,10-12,19-20H2,1-2H3,(H,37,38)(H,39,41)/b7-4+. The largest absolute Gasteiger partial charge is 0.487 e. The molecule has 1 aliphatic heterocycles. The zero-order valence-corrected chi connectivity index (χ0v) is 25.0. The van der Waals surface area contributed by atoms with Crippen molar-refractivity contribution in [1.29, 1.82) is 5.26 Å². The average molecular weight is 616 g/mol. The van der Waals surface area contributed by atoms with Crippen LogP contribution in [0.1, 0.15) is 17.5 Å². The number of amides is 1. The van der Waals surface area contributed by atoms with Gasteiger partial charge < -0.3 is 29.7 Å². The van der Waals surface area contributed by atoms with Gasteiger partial charge in [-0.15, -0.1) is 0 Å². The topological polar surface area (TPSA) is 109 Å². The van der Waals surface area contributed by atoms with Crippen LogP contribution >= 0.6 is 11.6 Å². The van der Waals surface area contributed by atoms with Gasteiger partial charge in [0.1, 0.15) is 36.1 Å². The Balaban J connectivity index is 1.45. The van der Waals surface area contributed by atoms with Crippen molar-refractivity contribution < 1.29 is 23.4 Å². The lowest BCUT2D eigenvalue weighted by Crippen LogP contribution is -2.18. The Kier molecular flexibility index (Phi) is 9.92. The molecule has 1 amide bonds. The van der Waals surface area contributed by atoms with Crippen molar-refractivity contribution in [2.75, 3.05) is 44.5 Å². The molecule has 1 atom stereocenters. The van der Waals surface area contributed by atoms with E-state index in [2.05, 4.69) is 21.7 Å². The molecule has 1 aliphatic rings. The zero-order valence-electron chi connectivity index (χ0n) is 24.3. The van der Waals surface area contributed by atoms with Crippen molar-refractivity contribution in [3.8, 4) is 17.6 Å². The lowest BCUT2D eigenvalue weighted by Gasteiger charge is -2.19. The van der Waals surface area contributed by atoms with Crippen LogP contribution in [0.2, 0.25) is 5.02 Å². The number of ether oxygens (including phenoxy) is 3. The van der Waals surface area contributed by atoms with Crippen LogP contribution in [0.15, 0.2) is 72.9 Å². The molecule has 0 radical (unpaired) electrons. The number of fused-ring (bicyclic) bond motifs is 1. The smallest absolute Gasteiger partial charge is 0.248 e. The second kappa shape index (κ2) is 14.2. The zero-order chi connectivity index (χ0) is 31.1. The van der Waals surface area contributed by atoms with Gasteiger partial charge in [-0.1, -0.05) is 29.8 Å². The van der Waals surface area contributed by atoms with E-state index in [1.165, 1.54) is 24.4 Å². The molecule has 5 rings (SSSR count). The highest BCUT2D eigenvalue weighted by Gasteiger charge is 2.21. The first-order valence-electron chi connectivity index (χ1n) is 14.0. The van der Waals surface area contributed by atoms with Crippen LogP contribution in [-0.4, -0.2) is 55.7 Å². The molecule has 1 aromatic heterocycles. The molecule has 44 heavy (non-hydrogen) atoms. The fourth-order valence-corrected chi connectivity index (χ4v) is 4.83. The van der Waals surface area contributed by atoms with Crippen molar-refractivity contribution in [3.05, 3.63) is 94.9 Å². The van der Waals surface area contributed by atoms with Crippen molar-refractivity contribution in [3.63, 3.8) is 0 Å². The second-order valence-electron chi connectivity index (χ2n) is 10.5. The molecule has 3 aromatic carbocycles. The fraction of sp³-hybridized carbons (Fsp3) is 0.242. The SMILES string of the molecule is CN(C)C/C=C/C(=O)Nc1cc2c(Nc3ccc(OCc4cccc(F)c4)c(Cl)c3)c(C#N)cnc2cc1OC1CCOC1. The number of hydrogen-bond donors (Lipinski definition) is 2. The number of aromatic nitrogens is 1. The third-order valence-electron chi connectivity index (χ3n) is 6.75. The minimum atomic E-state index is -0.343. The molecule has 9 nitrogen and oxygen atoms in total. The number of anilines is 3. The van der Waals surface area contributed by atoms with Gasteiger partial charge >= 0.3 is 0 Å². The third kappa shape index (κ3) is 7.82. The first-order valence-corrected chi connectivity index (χ1v) is 14.3. The number of pyridine rings is 1. The van der Waals surface area contributed by atoms with Crippen LogP contribution in [0.5, 0.6) is 11.5 Å². The molecule has 0 saturated carbocycles. The highest BCUT2D eigenvalue weighted by molar-refractivity contribution is 6.32. The summed E-state index contributed by atoms with van der Waals surface area (Å²) in [6.07, 6.45) is 5.28. The molecular weight excluding hydrogens is 585 g/mol. The average Bonchev–Trinajstić information content (AvgIpc) is 3.50. The van der Waals surface area contributed by atoms with Gasteiger partial charge in [0.2, 0.25) is 5.91 Å². The minimum Gasteiger partial charge on any atom is -0.487 e. The van der Waals surface area contributed by atoms with E-state index in [0.29, 0.717) is 75.4 Å². The predicted molar refractivity (Wildman–Crippen MR) is 168 cm³/mol. The Bertz CT molecular complexity index is 1730. The quantitative estimate of drug-likeness (QED) is 0.185. The number of rotatable bonds is 11. The molecule has 0 bridgehead atoms. The Labute approximate surface area is 259 Å². The summed E-state index contributed by atoms with van der Waals surface area (Å²) >= 11 is 6.53. The van der Waals surface area contributed by atoms with Gasteiger partial charge in [0, 0.05) is 42.4 Å². The van der Waals surface area contributed by atoms with E-state index in [1.54, 1.807) is 48.5 Å². The first kappa shape index (κ1) is 30.8. The van der Waals surface area contributed by atoms with Gasteiger partial charge in [-0.3, -0.25) is 9.78 Å². The molecule has 2 heterocycles. The van der Waals surface area contributed by atoms with Gasteiger partial charge in [-0.2, -0.15) is 5.26 Å². The summed E-state index contributed by atoms with van der Waals surface area (Å²) in [5.74, 6) is 0.211. The number of nitrogens with zero attached hydrogens (tertiary/aromatic N) is 3. The number of carbonyl (C=O) groups excluding carboxylic acids is 1. The molecule has 11 heteroatoms. The van der Waals surface area contributed by atoms with Crippen LogP contribution < -0.4 is 20.1 Å². The highest BCUT2D eigenvalue weighted by atomic mass is 35.5. The van der Waals surface area contributed by atoms with Crippen LogP contribution in [0.25, 0.3) is 10.9 Å². The van der Waals surface area contributed by atoms with E-state index in [-0.39, 0.29) is 24.4 Å². The Morgan fingerprint density at radius 2 is 2.09 bits per heavy atom. The predicted octanol–water partition coefficient (Wildman–Crippen LogP) is 6.45. The molecular formula is C33H31ClFN5O4. The Morgan fingerprint density at radius 1 is 1.23 bits per heavy atom. The van der Waals surface area contributed by atoms with E-state index in [9.17, 15) is 14.4 Å². The van der Waals surface area contributed by atoms with Gasteiger partial charge in [-0.05, 0) is 56.1 Å². The van der Waals surface area contributed by atoms with E-state index >= 15 is 0 Å². The molecule has 4 aromatic rings. The van der Waals surface area contributed by atoms with E-state index in [1.807, 2.05) is 19.0 Å². The summed E-state index contributed by atoms with van der Waals surface area (Å²) in [4.78, 5) is 19.3. The van der Waals surface area contributed by atoms with Gasteiger partial charge in [0.25, 0.3) is 0 Å². The number of nitriles is 1. The van der Waals surface area contributed by atoms with Crippen LogP contribution in [-0.2, 0) is 16.1 Å². The first-order chi connectivity index (χ1) is 21.3. The van der Waals surface area contributed by atoms with E-state index in [0.717, 1.165) is 6.42 Å². The van der Waals surface area contributed by atoms with Crippen LogP contribution in [0, 0.1) is 17.1 Å². The molecule has 1 fully saturated rings. The van der Waals surface area contributed by atoms with Gasteiger partial charge in [0.15, 0.2) is 0 Å². The molecule has 0 aliphatic carbocycles. The number of nitrogens with one attached hydrogen (secondary N) is 2. The maximum absolute atomic E-state index is 13.5. The van der Waals surface area contributed by atoms with Gasteiger partial charge in [0.05, 0.1) is 40.7 Å². The Morgan fingerprint density at radius 3 is 2.82 bits per heavy atom. The van der Waals surface area contributed by atoms with Crippen molar-refractivity contribution >= 4 is 45.5 Å². The normalized spacial score (nSPS) is 14.6. The number of halogens is 2. The van der Waals surface area contributed by atoms with Crippen molar-refractivity contribution in [2.45, 2.75) is 19.1 Å². The summed E-state index contributed by atoms with van der Waals surface area (Å²) in [6, 6.07) is 16.9. The van der Waals surface area contributed by atoms with E-state index < -0.39 is 0 Å². The molecule has 226 valence electrons. The lowest BCUT2D eigenvalue weighted by atomic mass is 10.1. The minimum absolute atomic E-state index is 0.147. The summed E-state index contributed by atoms with van der Waals surface area (Å²) in [7, 11) is 3.83. The molecule has 1 saturated heterocycles. The van der Waals surface area contributed by atoms with Crippen LogP contribution in [0.4, 0.5) is 21.5 Å². The van der Waals surface area contributed by atoms with Crippen molar-refractivity contribution in [1.82, 2.24) is 9.88 Å². The summed E-state index contributed by atoms with van der Waals surface area (Å²) < 4.78 is 31.0. The number of likely N-dealkylation sites (N-methyl/N-ethyl adjacent to an activating group) is 1. The summed E-state index contributed by atoms with van der Waals surface area (Å²) in [6.45, 7) is 1.80. The number of benzene rings is 3. The van der Waals surface area contributed by atoms with E-state index in [4.69, 9.17) is 25.8 Å². The van der Waals surface area contributed by atoms with Gasteiger partial charge in [-0.25, -0.2) is 4.39 Å². The third-order valence-corrected chi connectivity index (χ3v) is 7.05. The molecule has 2 N–H and O–H groups in total. The second-order valence-corrected chi connectivity index (χ2v) is 10.9. The lowest BCUT2D eigenvalue weighted by molar-refractivity contribution is -0.111. The summed E-state index contributed by atoms with van der Waals surface area (Å²) in [5.41, 5.74) is 3.03. The maximum atomic E-state index is 13.5. The summed E-state index contributed by atoms with van der Waals surface area (Å²) in [5, 5.41) is 17.1. The number of hydrogen-bond acceptors (Lipinski definition) is 8. The monoisotopic (exact) mass is 615 g/mol. The molecule has 0 spiro atoms. The highest BCUT2D eigenvalue weighted by Crippen LogP contribution is 2.38.